The number of carbonyl (C=O) groups is 1. The lowest BCUT2D eigenvalue weighted by Gasteiger charge is -2.64. The highest BCUT2D eigenvalue weighted by atomic mass is 16.7. The molecular formula is C27H42O4. The molecule has 0 radical (unpaired) electrons. The minimum absolute atomic E-state index is 0.0257. The van der Waals surface area contributed by atoms with Crippen molar-refractivity contribution < 1.29 is 19.4 Å². The number of aliphatic hydroxyl groups is 1. The fraction of sp³-hybridized carbons (Fsp3) is 0.889. The second-order valence-corrected chi connectivity index (χ2v) is 12.8. The van der Waals surface area contributed by atoms with Crippen molar-refractivity contribution >= 4 is 5.97 Å². The minimum Gasteiger partial charge on any atom is -0.435 e. The third-order valence-corrected chi connectivity index (χ3v) is 11.6. The van der Waals surface area contributed by atoms with Gasteiger partial charge in [-0.3, -0.25) is 4.79 Å². The van der Waals surface area contributed by atoms with Gasteiger partial charge in [0.2, 0.25) is 6.29 Å². The Morgan fingerprint density at radius 3 is 2.52 bits per heavy atom. The van der Waals surface area contributed by atoms with E-state index in [0.29, 0.717) is 24.2 Å². The van der Waals surface area contributed by atoms with Crippen LogP contribution in [0.5, 0.6) is 0 Å². The smallest absolute Gasteiger partial charge is 0.308 e. The molecule has 0 spiro atoms. The number of cyclic esters (lactones) is 1. The molecule has 5 rings (SSSR count). The molecule has 0 aromatic carbocycles. The third-order valence-electron chi connectivity index (χ3n) is 11.6. The molecule has 0 amide bonds. The predicted molar refractivity (Wildman–Crippen MR) is 120 cm³/mol. The molecule has 31 heavy (non-hydrogen) atoms. The number of ether oxygens (including phenoxy) is 2. The zero-order valence-corrected chi connectivity index (χ0v) is 20.4. The van der Waals surface area contributed by atoms with Crippen molar-refractivity contribution in [1.82, 2.24) is 0 Å². The summed E-state index contributed by atoms with van der Waals surface area (Å²) in [7, 11) is 1.67. The van der Waals surface area contributed by atoms with E-state index < -0.39 is 0 Å². The number of rotatable bonds is 2. The number of aliphatic hydroxyl groups excluding tert-OH is 1. The van der Waals surface area contributed by atoms with Gasteiger partial charge in [-0.1, -0.05) is 46.3 Å². The number of fused-ring (bicyclic) bond motifs is 5. The van der Waals surface area contributed by atoms with E-state index in [1.54, 1.807) is 12.7 Å². The summed E-state index contributed by atoms with van der Waals surface area (Å²) >= 11 is 0. The standard InChI is InChI=1S/C27H42O4/c1-24(2)20-8-7-19-18(25(20,3)12-11-21(24)28)10-14-26(4)17(9-13-27(19,26)5)16-15-22(29)31-23(16)30-6/h7,16-18,20-21,23,28H,8-15H2,1-6H3/t16-,17-,18-,20-,21+,23+,25+,26-,27+/m0/s1. The van der Waals surface area contributed by atoms with Crippen LogP contribution in [-0.4, -0.2) is 30.6 Å². The molecule has 174 valence electrons. The van der Waals surface area contributed by atoms with Crippen molar-refractivity contribution in [2.45, 2.75) is 98.4 Å². The Kier molecular flexibility index (Phi) is 4.83. The summed E-state index contributed by atoms with van der Waals surface area (Å²) in [5.74, 6) is 1.71. The zero-order chi connectivity index (χ0) is 22.4. The molecule has 1 heterocycles. The van der Waals surface area contributed by atoms with E-state index in [1.807, 2.05) is 0 Å². The van der Waals surface area contributed by atoms with Crippen LogP contribution in [0.25, 0.3) is 0 Å². The second kappa shape index (κ2) is 6.82. The average molecular weight is 431 g/mol. The van der Waals surface area contributed by atoms with Crippen molar-refractivity contribution in [3.63, 3.8) is 0 Å². The van der Waals surface area contributed by atoms with Crippen LogP contribution in [0, 0.1) is 45.3 Å². The summed E-state index contributed by atoms with van der Waals surface area (Å²) in [6.07, 6.45) is 10.5. The Morgan fingerprint density at radius 2 is 1.81 bits per heavy atom. The summed E-state index contributed by atoms with van der Waals surface area (Å²) < 4.78 is 11.1. The molecule has 0 aromatic heterocycles. The lowest BCUT2D eigenvalue weighted by atomic mass is 9.41. The van der Waals surface area contributed by atoms with Crippen molar-refractivity contribution in [2.75, 3.05) is 7.11 Å². The summed E-state index contributed by atoms with van der Waals surface area (Å²) in [4.78, 5) is 12.1. The van der Waals surface area contributed by atoms with Gasteiger partial charge in [-0.2, -0.15) is 0 Å². The minimum atomic E-state index is -0.378. The topological polar surface area (TPSA) is 55.8 Å². The Bertz CT molecular complexity index is 801. The van der Waals surface area contributed by atoms with E-state index in [0.717, 1.165) is 25.7 Å². The summed E-state index contributed by atoms with van der Waals surface area (Å²) in [5.41, 5.74) is 2.31. The van der Waals surface area contributed by atoms with Gasteiger partial charge in [-0.25, -0.2) is 0 Å². The predicted octanol–water partition coefficient (Wildman–Crippen LogP) is 5.49. The van der Waals surface area contributed by atoms with Crippen LogP contribution in [0.4, 0.5) is 0 Å². The highest BCUT2D eigenvalue weighted by Crippen LogP contribution is 2.73. The SMILES string of the molecule is CO[C@@H]1OC(=O)C[C@H]1[C@@H]1CC[C@]2(C)C3=CC[C@H]4C(C)(C)[C@H](O)CC[C@]4(C)[C@H]3CC[C@@]12C. The van der Waals surface area contributed by atoms with Crippen LogP contribution in [0.1, 0.15) is 86.0 Å². The maximum absolute atomic E-state index is 12.1. The molecule has 4 aliphatic carbocycles. The van der Waals surface area contributed by atoms with Crippen LogP contribution < -0.4 is 0 Å². The normalized spacial score (nSPS) is 53.3. The molecule has 9 atom stereocenters. The maximum Gasteiger partial charge on any atom is 0.308 e. The quantitative estimate of drug-likeness (QED) is 0.465. The Morgan fingerprint density at radius 1 is 1.06 bits per heavy atom. The monoisotopic (exact) mass is 430 g/mol. The molecule has 0 bridgehead atoms. The molecule has 0 aromatic rings. The molecule has 3 saturated carbocycles. The Hall–Kier alpha value is -0.870. The van der Waals surface area contributed by atoms with E-state index in [4.69, 9.17) is 9.47 Å². The largest absolute Gasteiger partial charge is 0.435 e. The molecule has 1 N–H and O–H groups in total. The van der Waals surface area contributed by atoms with Crippen LogP contribution in [-0.2, 0) is 14.3 Å². The van der Waals surface area contributed by atoms with E-state index in [-0.39, 0.29) is 45.9 Å². The highest BCUT2D eigenvalue weighted by Gasteiger charge is 2.66. The fourth-order valence-electron chi connectivity index (χ4n) is 9.54. The molecular weight excluding hydrogens is 388 g/mol. The molecule has 4 nitrogen and oxygen atoms in total. The van der Waals surface area contributed by atoms with Gasteiger partial charge >= 0.3 is 5.97 Å². The first-order valence-electron chi connectivity index (χ1n) is 12.6. The van der Waals surface area contributed by atoms with E-state index in [9.17, 15) is 9.90 Å². The summed E-state index contributed by atoms with van der Waals surface area (Å²) in [6, 6.07) is 0. The Labute approximate surface area is 188 Å². The number of esters is 1. The number of hydrogen-bond donors (Lipinski definition) is 1. The number of hydrogen-bond acceptors (Lipinski definition) is 4. The number of carbonyl (C=O) groups excluding carboxylic acids is 1. The Balaban J connectivity index is 1.51. The van der Waals surface area contributed by atoms with Gasteiger partial charge < -0.3 is 14.6 Å². The van der Waals surface area contributed by atoms with Gasteiger partial charge in [0, 0.05) is 13.0 Å². The fourth-order valence-corrected chi connectivity index (χ4v) is 9.54. The first kappa shape index (κ1) is 21.9. The van der Waals surface area contributed by atoms with Gasteiger partial charge in [-0.15, -0.1) is 0 Å². The van der Waals surface area contributed by atoms with E-state index in [2.05, 4.69) is 40.7 Å². The number of methoxy groups -OCH3 is 1. The van der Waals surface area contributed by atoms with Gasteiger partial charge in [0.05, 0.1) is 12.5 Å². The summed E-state index contributed by atoms with van der Waals surface area (Å²) in [6.45, 7) is 12.1. The highest BCUT2D eigenvalue weighted by molar-refractivity contribution is 5.72. The van der Waals surface area contributed by atoms with Gasteiger partial charge in [0.1, 0.15) is 0 Å². The van der Waals surface area contributed by atoms with Gasteiger partial charge in [-0.05, 0) is 84.4 Å². The maximum atomic E-state index is 12.1. The zero-order valence-electron chi connectivity index (χ0n) is 20.4. The van der Waals surface area contributed by atoms with Crippen molar-refractivity contribution in [3.8, 4) is 0 Å². The molecule has 1 saturated heterocycles. The van der Waals surface area contributed by atoms with Crippen LogP contribution in [0.2, 0.25) is 0 Å². The lowest BCUT2D eigenvalue weighted by molar-refractivity contribution is -0.167. The lowest BCUT2D eigenvalue weighted by Crippen LogP contribution is -2.58. The van der Waals surface area contributed by atoms with Crippen molar-refractivity contribution in [1.29, 1.82) is 0 Å². The number of allylic oxidation sites excluding steroid dienone is 2. The second-order valence-electron chi connectivity index (χ2n) is 12.8. The van der Waals surface area contributed by atoms with Gasteiger partial charge in [0.15, 0.2) is 0 Å². The van der Waals surface area contributed by atoms with Crippen molar-refractivity contribution in [3.05, 3.63) is 11.6 Å². The first-order valence-corrected chi connectivity index (χ1v) is 12.6. The molecule has 0 unspecified atom stereocenters. The molecule has 4 heteroatoms. The summed E-state index contributed by atoms with van der Waals surface area (Å²) in [5, 5.41) is 10.8. The van der Waals surface area contributed by atoms with Crippen LogP contribution >= 0.6 is 0 Å². The van der Waals surface area contributed by atoms with Crippen molar-refractivity contribution in [2.24, 2.45) is 45.3 Å². The average Bonchev–Trinajstić information content (AvgIpc) is 3.21. The van der Waals surface area contributed by atoms with Crippen LogP contribution in [0.15, 0.2) is 11.6 Å². The third kappa shape index (κ3) is 2.70. The molecule has 4 fully saturated rings. The molecule has 5 aliphatic rings. The van der Waals surface area contributed by atoms with E-state index in [1.165, 1.54) is 19.3 Å². The van der Waals surface area contributed by atoms with E-state index >= 15 is 0 Å². The first-order chi connectivity index (χ1) is 14.5. The van der Waals surface area contributed by atoms with Crippen LogP contribution in [0.3, 0.4) is 0 Å². The van der Waals surface area contributed by atoms with Gasteiger partial charge in [0.25, 0.3) is 0 Å². The molecule has 1 aliphatic heterocycles.